The number of aryl methyl sites for hydroxylation is 1. The third kappa shape index (κ3) is 2.67. The maximum atomic E-state index is 12.2. The first-order valence-corrected chi connectivity index (χ1v) is 7.09. The fraction of sp³-hybridized carbons (Fsp3) is 0.700. The highest BCUT2D eigenvalue weighted by Gasteiger charge is 2.29. The van der Waals surface area contributed by atoms with Crippen molar-refractivity contribution < 1.29 is 8.42 Å². The van der Waals surface area contributed by atoms with Crippen LogP contribution in [0.25, 0.3) is 0 Å². The Kier molecular flexibility index (Phi) is 3.50. The average molecular weight is 258 g/mol. The van der Waals surface area contributed by atoms with Gasteiger partial charge in [-0.05, 0) is 12.8 Å². The first-order valence-electron chi connectivity index (χ1n) is 5.69. The van der Waals surface area contributed by atoms with Crippen LogP contribution < -0.4 is 0 Å². The van der Waals surface area contributed by atoms with Crippen LogP contribution in [0.5, 0.6) is 0 Å². The summed E-state index contributed by atoms with van der Waals surface area (Å²) >= 11 is 0. The van der Waals surface area contributed by atoms with Crippen LogP contribution >= 0.6 is 0 Å². The summed E-state index contributed by atoms with van der Waals surface area (Å²) in [5, 5.41) is 4.03. The zero-order chi connectivity index (χ0) is 12.5. The number of hydrogen-bond acceptors (Lipinski definition) is 3. The van der Waals surface area contributed by atoms with E-state index >= 15 is 0 Å². The predicted molar refractivity (Wildman–Crippen MR) is 64.4 cm³/mol. The van der Waals surface area contributed by atoms with Gasteiger partial charge < -0.3 is 0 Å². The van der Waals surface area contributed by atoms with E-state index in [2.05, 4.69) is 5.10 Å². The topological polar surface area (TPSA) is 58.4 Å². The Labute approximate surface area is 102 Å². The van der Waals surface area contributed by atoms with Gasteiger partial charge in [0.15, 0.2) is 0 Å². The number of aromatic nitrogens is 2. The van der Waals surface area contributed by atoms with Crippen LogP contribution in [0.2, 0.25) is 0 Å². The summed E-state index contributed by atoms with van der Waals surface area (Å²) in [6, 6.07) is 0. The largest absolute Gasteiger partial charge is 0.282 e. The molecule has 6 nitrogen and oxygen atoms in total. The second-order valence-electron chi connectivity index (χ2n) is 4.39. The second-order valence-corrected chi connectivity index (χ2v) is 6.43. The van der Waals surface area contributed by atoms with Crippen molar-refractivity contribution in [3.8, 4) is 0 Å². The molecule has 0 atom stereocenters. The summed E-state index contributed by atoms with van der Waals surface area (Å²) in [4.78, 5) is 0. The standard InChI is InChI=1S/C10H18N4O2S/c1-12-8-10(7-11-12)9-13(2)17(15,16)14-5-3-4-6-14/h7-8H,3-6,9H2,1-2H3. The molecular weight excluding hydrogens is 240 g/mol. The molecule has 0 bridgehead atoms. The minimum Gasteiger partial charge on any atom is -0.275 e. The summed E-state index contributed by atoms with van der Waals surface area (Å²) in [7, 11) is 0.132. The first kappa shape index (κ1) is 12.5. The number of nitrogens with zero attached hydrogens (tertiary/aromatic N) is 4. The highest BCUT2D eigenvalue weighted by atomic mass is 32.2. The van der Waals surface area contributed by atoms with Gasteiger partial charge in [0.25, 0.3) is 10.2 Å². The number of rotatable bonds is 4. The van der Waals surface area contributed by atoms with Gasteiger partial charge in [0, 0.05) is 45.5 Å². The molecule has 2 heterocycles. The average Bonchev–Trinajstić information content (AvgIpc) is 2.89. The van der Waals surface area contributed by atoms with E-state index in [1.165, 1.54) is 4.31 Å². The van der Waals surface area contributed by atoms with Crippen LogP contribution in [0.1, 0.15) is 18.4 Å². The second kappa shape index (κ2) is 4.75. The molecule has 1 aromatic heterocycles. The van der Waals surface area contributed by atoms with Gasteiger partial charge in [-0.15, -0.1) is 0 Å². The molecule has 0 radical (unpaired) electrons. The Morgan fingerprint density at radius 2 is 2.06 bits per heavy atom. The van der Waals surface area contributed by atoms with E-state index in [1.807, 2.05) is 13.2 Å². The maximum Gasteiger partial charge on any atom is 0.282 e. The highest BCUT2D eigenvalue weighted by Crippen LogP contribution is 2.16. The van der Waals surface area contributed by atoms with Crippen molar-refractivity contribution in [2.75, 3.05) is 20.1 Å². The lowest BCUT2D eigenvalue weighted by Gasteiger charge is -2.23. The SMILES string of the molecule is CN(Cc1cnn(C)c1)S(=O)(=O)N1CCCC1. The van der Waals surface area contributed by atoms with E-state index < -0.39 is 10.2 Å². The number of hydrogen-bond donors (Lipinski definition) is 0. The molecule has 1 fully saturated rings. The Bertz CT molecular complexity index is 476. The molecule has 1 saturated heterocycles. The quantitative estimate of drug-likeness (QED) is 0.775. The summed E-state index contributed by atoms with van der Waals surface area (Å²) in [6.07, 6.45) is 5.44. The van der Waals surface area contributed by atoms with E-state index in [-0.39, 0.29) is 0 Å². The molecule has 0 unspecified atom stereocenters. The van der Waals surface area contributed by atoms with E-state index in [1.54, 1.807) is 22.2 Å². The molecule has 1 aromatic rings. The van der Waals surface area contributed by atoms with Crippen LogP contribution in [0.3, 0.4) is 0 Å². The van der Waals surface area contributed by atoms with E-state index in [0.717, 1.165) is 18.4 Å². The van der Waals surface area contributed by atoms with Crippen molar-refractivity contribution >= 4 is 10.2 Å². The first-order chi connectivity index (χ1) is 8.00. The van der Waals surface area contributed by atoms with Crippen LogP contribution in [0.15, 0.2) is 12.4 Å². The molecule has 1 aliphatic rings. The van der Waals surface area contributed by atoms with Crippen molar-refractivity contribution in [1.29, 1.82) is 0 Å². The molecule has 1 aliphatic heterocycles. The Morgan fingerprint density at radius 3 is 2.59 bits per heavy atom. The lowest BCUT2D eigenvalue weighted by molar-refractivity contribution is 0.392. The van der Waals surface area contributed by atoms with Crippen molar-refractivity contribution in [3.63, 3.8) is 0 Å². The van der Waals surface area contributed by atoms with Gasteiger partial charge in [0.1, 0.15) is 0 Å². The zero-order valence-corrected chi connectivity index (χ0v) is 11.0. The molecule has 0 aromatic carbocycles. The van der Waals surface area contributed by atoms with Gasteiger partial charge in [0.05, 0.1) is 6.20 Å². The summed E-state index contributed by atoms with van der Waals surface area (Å²) in [5.74, 6) is 0. The van der Waals surface area contributed by atoms with Gasteiger partial charge >= 0.3 is 0 Å². The molecule has 96 valence electrons. The fourth-order valence-electron chi connectivity index (χ4n) is 2.01. The van der Waals surface area contributed by atoms with Crippen molar-refractivity contribution in [2.45, 2.75) is 19.4 Å². The lowest BCUT2D eigenvalue weighted by Crippen LogP contribution is -2.39. The normalized spacial score (nSPS) is 18.1. The van der Waals surface area contributed by atoms with E-state index in [4.69, 9.17) is 0 Å². The van der Waals surface area contributed by atoms with Gasteiger partial charge in [0.2, 0.25) is 0 Å². The Balaban J connectivity index is 2.06. The summed E-state index contributed by atoms with van der Waals surface area (Å²) in [6.45, 7) is 1.64. The Morgan fingerprint density at radius 1 is 1.41 bits per heavy atom. The molecule has 17 heavy (non-hydrogen) atoms. The van der Waals surface area contributed by atoms with Crippen molar-refractivity contribution in [3.05, 3.63) is 18.0 Å². The summed E-state index contributed by atoms with van der Waals surface area (Å²) < 4.78 is 28.9. The monoisotopic (exact) mass is 258 g/mol. The highest BCUT2D eigenvalue weighted by molar-refractivity contribution is 7.86. The predicted octanol–water partition coefficient (Wildman–Crippen LogP) is 0.192. The third-order valence-corrected chi connectivity index (χ3v) is 4.88. The van der Waals surface area contributed by atoms with Gasteiger partial charge in [-0.3, -0.25) is 4.68 Å². The van der Waals surface area contributed by atoms with Crippen LogP contribution in [-0.2, 0) is 23.8 Å². The van der Waals surface area contributed by atoms with Crippen LogP contribution in [0.4, 0.5) is 0 Å². The van der Waals surface area contributed by atoms with E-state index in [9.17, 15) is 8.42 Å². The minimum atomic E-state index is -3.30. The molecule has 7 heteroatoms. The molecule has 0 N–H and O–H groups in total. The van der Waals surface area contributed by atoms with Gasteiger partial charge in [-0.2, -0.15) is 22.1 Å². The maximum absolute atomic E-state index is 12.2. The van der Waals surface area contributed by atoms with E-state index in [0.29, 0.717) is 19.6 Å². The smallest absolute Gasteiger partial charge is 0.275 e. The third-order valence-electron chi connectivity index (χ3n) is 2.95. The molecule has 2 rings (SSSR count). The molecular formula is C10H18N4O2S. The van der Waals surface area contributed by atoms with Crippen LogP contribution in [0, 0.1) is 0 Å². The van der Waals surface area contributed by atoms with Gasteiger partial charge in [-0.1, -0.05) is 0 Å². The van der Waals surface area contributed by atoms with Crippen LogP contribution in [-0.4, -0.2) is 46.9 Å². The lowest BCUT2D eigenvalue weighted by atomic mass is 10.4. The summed E-state index contributed by atoms with van der Waals surface area (Å²) in [5.41, 5.74) is 0.901. The fourth-order valence-corrected chi connectivity index (χ4v) is 3.43. The minimum absolute atomic E-state index is 0.368. The molecule has 0 spiro atoms. The zero-order valence-electron chi connectivity index (χ0n) is 10.2. The molecule has 0 saturated carbocycles. The van der Waals surface area contributed by atoms with Gasteiger partial charge in [-0.25, -0.2) is 0 Å². The Hall–Kier alpha value is -0.920. The van der Waals surface area contributed by atoms with Crippen molar-refractivity contribution in [2.24, 2.45) is 7.05 Å². The molecule has 0 aliphatic carbocycles. The molecule has 0 amide bonds. The van der Waals surface area contributed by atoms with Crippen molar-refractivity contribution in [1.82, 2.24) is 18.4 Å².